The van der Waals surface area contributed by atoms with E-state index >= 15 is 0 Å². The Kier molecular flexibility index (Phi) is 4.45. The summed E-state index contributed by atoms with van der Waals surface area (Å²) in [6.45, 7) is 0. The van der Waals surface area contributed by atoms with Crippen molar-refractivity contribution in [3.8, 4) is 0 Å². The second-order valence-electron chi connectivity index (χ2n) is 5.29. The first kappa shape index (κ1) is 14.3. The molecular formula is C14H19F3N2. The first-order valence-corrected chi connectivity index (χ1v) is 6.70. The summed E-state index contributed by atoms with van der Waals surface area (Å²) in [5, 5.41) is 0. The van der Waals surface area contributed by atoms with E-state index in [0.29, 0.717) is 19.3 Å². The van der Waals surface area contributed by atoms with E-state index in [9.17, 15) is 13.2 Å². The van der Waals surface area contributed by atoms with Crippen molar-refractivity contribution in [3.05, 3.63) is 30.1 Å². The highest BCUT2D eigenvalue weighted by molar-refractivity contribution is 5.06. The van der Waals surface area contributed by atoms with E-state index in [1.165, 1.54) is 0 Å². The van der Waals surface area contributed by atoms with Crippen molar-refractivity contribution >= 4 is 0 Å². The quantitative estimate of drug-likeness (QED) is 0.916. The highest BCUT2D eigenvalue weighted by Gasteiger charge is 2.47. The van der Waals surface area contributed by atoms with E-state index in [-0.39, 0.29) is 6.42 Å². The lowest BCUT2D eigenvalue weighted by molar-refractivity contribution is -0.198. The van der Waals surface area contributed by atoms with Gasteiger partial charge in [-0.25, -0.2) is 0 Å². The van der Waals surface area contributed by atoms with Gasteiger partial charge in [-0.15, -0.1) is 0 Å². The molecule has 1 fully saturated rings. The van der Waals surface area contributed by atoms with Gasteiger partial charge < -0.3 is 5.73 Å². The third kappa shape index (κ3) is 3.69. The van der Waals surface area contributed by atoms with Gasteiger partial charge in [0.2, 0.25) is 0 Å². The second-order valence-corrected chi connectivity index (χ2v) is 5.29. The molecule has 0 amide bonds. The topological polar surface area (TPSA) is 38.9 Å². The molecule has 1 aliphatic carbocycles. The summed E-state index contributed by atoms with van der Waals surface area (Å²) in [6, 6.07) is 4.96. The van der Waals surface area contributed by atoms with Crippen LogP contribution in [0.3, 0.4) is 0 Å². The standard InChI is InChI=1S/C14H19F3N2/c15-14(16,17)12-7-2-1-6-11(12)13(18)9-10-5-3-4-8-19-10/h3-5,8,11-13H,1-2,6-7,9,18H2. The number of hydrogen-bond donors (Lipinski definition) is 1. The van der Waals surface area contributed by atoms with Crippen molar-refractivity contribution in [3.63, 3.8) is 0 Å². The van der Waals surface area contributed by atoms with Crippen LogP contribution in [0.25, 0.3) is 0 Å². The van der Waals surface area contributed by atoms with Crippen LogP contribution in [-0.4, -0.2) is 17.2 Å². The van der Waals surface area contributed by atoms with Gasteiger partial charge in [0.1, 0.15) is 0 Å². The molecule has 1 aromatic heterocycles. The maximum Gasteiger partial charge on any atom is 0.392 e. The van der Waals surface area contributed by atoms with Crippen molar-refractivity contribution in [1.82, 2.24) is 4.98 Å². The number of halogens is 3. The van der Waals surface area contributed by atoms with Crippen LogP contribution in [0.2, 0.25) is 0 Å². The van der Waals surface area contributed by atoms with Gasteiger partial charge in [0.05, 0.1) is 5.92 Å². The molecule has 2 nitrogen and oxygen atoms in total. The maximum atomic E-state index is 13.0. The van der Waals surface area contributed by atoms with E-state index in [1.807, 2.05) is 12.1 Å². The molecule has 1 aromatic rings. The molecule has 0 aliphatic heterocycles. The number of nitrogens with zero attached hydrogens (tertiary/aromatic N) is 1. The SMILES string of the molecule is NC(Cc1ccccn1)C1CCCCC1C(F)(F)F. The molecule has 3 unspecified atom stereocenters. The van der Waals surface area contributed by atoms with Gasteiger partial charge in [-0.1, -0.05) is 18.9 Å². The van der Waals surface area contributed by atoms with Gasteiger partial charge in [0.25, 0.3) is 0 Å². The number of alkyl halides is 3. The maximum absolute atomic E-state index is 13.0. The largest absolute Gasteiger partial charge is 0.392 e. The molecule has 0 radical (unpaired) electrons. The molecule has 3 atom stereocenters. The monoisotopic (exact) mass is 272 g/mol. The van der Waals surface area contributed by atoms with Gasteiger partial charge in [-0.2, -0.15) is 13.2 Å². The van der Waals surface area contributed by atoms with Gasteiger partial charge in [0, 0.05) is 24.4 Å². The predicted molar refractivity (Wildman–Crippen MR) is 67.4 cm³/mol. The third-order valence-electron chi connectivity index (χ3n) is 3.96. The smallest absolute Gasteiger partial charge is 0.327 e. The minimum atomic E-state index is -4.13. The van der Waals surface area contributed by atoms with E-state index in [0.717, 1.165) is 12.1 Å². The molecule has 1 aliphatic rings. The number of aromatic nitrogens is 1. The molecule has 5 heteroatoms. The minimum Gasteiger partial charge on any atom is -0.327 e. The molecule has 2 rings (SSSR count). The normalized spacial score (nSPS) is 26.1. The second kappa shape index (κ2) is 5.90. The number of hydrogen-bond acceptors (Lipinski definition) is 2. The van der Waals surface area contributed by atoms with E-state index in [2.05, 4.69) is 4.98 Å². The Hall–Kier alpha value is -1.10. The van der Waals surface area contributed by atoms with Gasteiger partial charge >= 0.3 is 6.18 Å². The fourth-order valence-electron chi connectivity index (χ4n) is 2.99. The lowest BCUT2D eigenvalue weighted by Gasteiger charge is -2.36. The zero-order valence-electron chi connectivity index (χ0n) is 10.7. The van der Waals surface area contributed by atoms with Crippen molar-refractivity contribution in [2.45, 2.75) is 44.3 Å². The number of pyridine rings is 1. The van der Waals surface area contributed by atoms with Crippen LogP contribution < -0.4 is 5.73 Å². The summed E-state index contributed by atoms with van der Waals surface area (Å²) in [5.74, 6) is -1.73. The Morgan fingerprint density at radius 3 is 2.63 bits per heavy atom. The zero-order chi connectivity index (χ0) is 13.9. The van der Waals surface area contributed by atoms with Crippen molar-refractivity contribution in [2.24, 2.45) is 17.6 Å². The van der Waals surface area contributed by atoms with Crippen LogP contribution >= 0.6 is 0 Å². The van der Waals surface area contributed by atoms with Crippen LogP contribution in [0.5, 0.6) is 0 Å². The molecular weight excluding hydrogens is 253 g/mol. The van der Waals surface area contributed by atoms with E-state index in [4.69, 9.17) is 5.73 Å². The number of rotatable bonds is 3. The van der Waals surface area contributed by atoms with Gasteiger partial charge in [-0.3, -0.25) is 4.98 Å². The summed E-state index contributed by atoms with van der Waals surface area (Å²) in [4.78, 5) is 4.14. The van der Waals surface area contributed by atoms with Crippen LogP contribution in [0.15, 0.2) is 24.4 Å². The van der Waals surface area contributed by atoms with Crippen LogP contribution in [0.1, 0.15) is 31.4 Å². The molecule has 0 bridgehead atoms. The molecule has 0 aromatic carbocycles. The average molecular weight is 272 g/mol. The zero-order valence-corrected chi connectivity index (χ0v) is 10.7. The molecule has 1 saturated carbocycles. The summed E-state index contributed by atoms with van der Waals surface area (Å²) < 4.78 is 39.1. The van der Waals surface area contributed by atoms with Crippen molar-refractivity contribution in [1.29, 1.82) is 0 Å². The molecule has 0 spiro atoms. The lowest BCUT2D eigenvalue weighted by Crippen LogP contribution is -2.44. The van der Waals surface area contributed by atoms with Crippen LogP contribution in [0.4, 0.5) is 13.2 Å². The molecule has 1 heterocycles. The Balaban J connectivity index is 2.05. The summed E-state index contributed by atoms with van der Waals surface area (Å²) in [6.07, 6.45) is 0.196. The fraction of sp³-hybridized carbons (Fsp3) is 0.643. The average Bonchev–Trinajstić information content (AvgIpc) is 2.39. The highest BCUT2D eigenvalue weighted by atomic mass is 19.4. The molecule has 106 valence electrons. The van der Waals surface area contributed by atoms with Gasteiger partial charge in [-0.05, 0) is 30.9 Å². The Labute approximate surface area is 111 Å². The number of nitrogens with two attached hydrogens (primary N) is 1. The highest BCUT2D eigenvalue weighted by Crippen LogP contribution is 2.42. The molecule has 0 saturated heterocycles. The molecule has 2 N–H and O–H groups in total. The molecule has 19 heavy (non-hydrogen) atoms. The lowest BCUT2D eigenvalue weighted by atomic mass is 9.74. The van der Waals surface area contributed by atoms with E-state index in [1.54, 1.807) is 12.3 Å². The van der Waals surface area contributed by atoms with Crippen LogP contribution in [0, 0.1) is 11.8 Å². The summed E-state index contributed by atoms with van der Waals surface area (Å²) in [5.41, 5.74) is 6.79. The third-order valence-corrected chi connectivity index (χ3v) is 3.96. The predicted octanol–water partition coefficient (Wildman–Crippen LogP) is 3.32. The minimum absolute atomic E-state index is 0.212. The summed E-state index contributed by atoms with van der Waals surface area (Å²) >= 11 is 0. The Bertz CT molecular complexity index is 391. The van der Waals surface area contributed by atoms with Crippen molar-refractivity contribution in [2.75, 3.05) is 0 Å². The first-order chi connectivity index (χ1) is 8.98. The Morgan fingerprint density at radius 1 is 1.26 bits per heavy atom. The van der Waals surface area contributed by atoms with Crippen molar-refractivity contribution < 1.29 is 13.2 Å². The Morgan fingerprint density at radius 2 is 2.00 bits per heavy atom. The fourth-order valence-corrected chi connectivity index (χ4v) is 2.99. The van der Waals surface area contributed by atoms with Gasteiger partial charge in [0.15, 0.2) is 0 Å². The van der Waals surface area contributed by atoms with Crippen LogP contribution in [-0.2, 0) is 6.42 Å². The first-order valence-electron chi connectivity index (χ1n) is 6.70. The summed E-state index contributed by atoms with van der Waals surface area (Å²) in [7, 11) is 0. The van der Waals surface area contributed by atoms with E-state index < -0.39 is 24.1 Å².